The lowest BCUT2D eigenvalue weighted by atomic mass is 10.1. The van der Waals surface area contributed by atoms with Gasteiger partial charge in [-0.2, -0.15) is 4.80 Å². The van der Waals surface area contributed by atoms with E-state index in [1.807, 2.05) is 37.3 Å². The number of hydrogen-bond donors (Lipinski definition) is 1. The zero-order valence-corrected chi connectivity index (χ0v) is 25.5. The van der Waals surface area contributed by atoms with Crippen LogP contribution in [-0.4, -0.2) is 70.8 Å². The van der Waals surface area contributed by atoms with Crippen molar-refractivity contribution in [3.63, 3.8) is 0 Å². The summed E-state index contributed by atoms with van der Waals surface area (Å²) in [5.41, 5.74) is 1.64. The molecule has 2 aromatic carbocycles. The Morgan fingerprint density at radius 1 is 1.00 bits per heavy atom. The van der Waals surface area contributed by atoms with Gasteiger partial charge in [0, 0.05) is 18.2 Å². The van der Waals surface area contributed by atoms with Gasteiger partial charge in [0.05, 0.1) is 21.3 Å². The van der Waals surface area contributed by atoms with E-state index in [0.29, 0.717) is 41.0 Å². The highest BCUT2D eigenvalue weighted by atomic mass is 16.5. The Kier molecular flexibility index (Phi) is 9.78. The molecule has 44 heavy (non-hydrogen) atoms. The molecule has 12 heteroatoms. The summed E-state index contributed by atoms with van der Waals surface area (Å²) in [6.45, 7) is 1.81. The number of aromatic nitrogens is 4. The average molecular weight is 603 g/mol. The number of nitrogens with one attached hydrogen (secondary N) is 1. The molecule has 0 bridgehead atoms. The summed E-state index contributed by atoms with van der Waals surface area (Å²) < 4.78 is 22.0. The second-order valence-corrected chi connectivity index (χ2v) is 10.7. The third-order valence-corrected chi connectivity index (χ3v) is 7.78. The number of carbonyl (C=O) groups is 2. The number of rotatable bonds is 13. The van der Waals surface area contributed by atoms with Crippen LogP contribution in [0.3, 0.4) is 0 Å². The van der Waals surface area contributed by atoms with E-state index in [1.54, 1.807) is 45.6 Å². The molecule has 0 aliphatic heterocycles. The summed E-state index contributed by atoms with van der Waals surface area (Å²) in [5.74, 6) is 2.66. The molecule has 1 unspecified atom stereocenters. The van der Waals surface area contributed by atoms with Crippen LogP contribution in [0.5, 0.6) is 17.2 Å². The molecule has 4 aromatic rings. The quantitative estimate of drug-likeness (QED) is 0.240. The first-order chi connectivity index (χ1) is 21.4. The van der Waals surface area contributed by atoms with E-state index in [9.17, 15) is 9.59 Å². The summed E-state index contributed by atoms with van der Waals surface area (Å²) in [6, 6.07) is 15.5. The van der Waals surface area contributed by atoms with Crippen LogP contribution >= 0.6 is 0 Å². The number of benzene rings is 2. The first kappa shape index (κ1) is 30.6. The third kappa shape index (κ3) is 7.19. The summed E-state index contributed by atoms with van der Waals surface area (Å²) in [5, 5.41) is 15.9. The standard InChI is InChI=1S/C32H38N6O6/c1-21-9-15-27(44-21)30(32(40)33-24-7-5-6-8-24)37(18-17-22-10-16-26(42-3)28(19-22)43-4)29(39)20-38-35-31(34-36-38)23-11-13-25(41-2)14-12-23/h9-16,19,24,30H,5-8,17-18,20H2,1-4H3,(H,33,40). The van der Waals surface area contributed by atoms with E-state index in [0.717, 1.165) is 36.8 Å². The van der Waals surface area contributed by atoms with Crippen molar-refractivity contribution in [1.82, 2.24) is 30.4 Å². The molecule has 0 saturated heterocycles. The minimum Gasteiger partial charge on any atom is -0.497 e. The van der Waals surface area contributed by atoms with Gasteiger partial charge in [-0.05, 0) is 85.5 Å². The third-order valence-electron chi connectivity index (χ3n) is 7.78. The number of carbonyl (C=O) groups excluding carboxylic acids is 2. The Balaban J connectivity index is 1.43. The van der Waals surface area contributed by atoms with Crippen LogP contribution in [0, 0.1) is 6.92 Å². The molecule has 2 amide bonds. The molecule has 1 fully saturated rings. The second-order valence-electron chi connectivity index (χ2n) is 10.7. The summed E-state index contributed by atoms with van der Waals surface area (Å²) in [4.78, 5) is 30.7. The van der Waals surface area contributed by atoms with Gasteiger partial charge in [0.15, 0.2) is 17.5 Å². The van der Waals surface area contributed by atoms with Crippen molar-refractivity contribution in [2.75, 3.05) is 27.9 Å². The van der Waals surface area contributed by atoms with Gasteiger partial charge in [-0.3, -0.25) is 9.59 Å². The maximum Gasteiger partial charge on any atom is 0.250 e. The first-order valence-electron chi connectivity index (χ1n) is 14.7. The Labute approximate surface area is 256 Å². The Hall–Kier alpha value is -4.87. The van der Waals surface area contributed by atoms with E-state index >= 15 is 0 Å². The molecule has 2 aromatic heterocycles. The number of ether oxygens (including phenoxy) is 3. The lowest BCUT2D eigenvalue weighted by Crippen LogP contribution is -2.47. The van der Waals surface area contributed by atoms with Crippen LogP contribution in [-0.2, 0) is 22.6 Å². The maximum absolute atomic E-state index is 14.1. The summed E-state index contributed by atoms with van der Waals surface area (Å²) in [7, 11) is 4.75. The van der Waals surface area contributed by atoms with Gasteiger partial charge >= 0.3 is 0 Å². The summed E-state index contributed by atoms with van der Waals surface area (Å²) in [6.07, 6.45) is 4.39. The number of amides is 2. The van der Waals surface area contributed by atoms with Crippen LogP contribution in [0.15, 0.2) is 59.0 Å². The molecule has 2 heterocycles. The predicted molar refractivity (Wildman–Crippen MR) is 161 cm³/mol. The molecule has 5 rings (SSSR count). The van der Waals surface area contributed by atoms with Gasteiger partial charge < -0.3 is 28.8 Å². The molecule has 0 spiro atoms. The van der Waals surface area contributed by atoms with Crippen LogP contribution in [0.2, 0.25) is 0 Å². The van der Waals surface area contributed by atoms with Gasteiger partial charge in [0.25, 0.3) is 5.91 Å². The molecule has 12 nitrogen and oxygen atoms in total. The number of furan rings is 1. The SMILES string of the molecule is COc1ccc(-c2nnn(CC(=O)N(CCc3ccc(OC)c(OC)c3)C(C(=O)NC3CCCC3)c3ccc(C)o3)n2)cc1. The van der Waals surface area contributed by atoms with Crippen LogP contribution in [0.4, 0.5) is 0 Å². The molecule has 0 radical (unpaired) electrons. The number of tetrazole rings is 1. The molecular formula is C32H38N6O6. The Morgan fingerprint density at radius 2 is 1.75 bits per heavy atom. The van der Waals surface area contributed by atoms with Gasteiger partial charge in [0.1, 0.15) is 23.8 Å². The number of nitrogens with zero attached hydrogens (tertiary/aromatic N) is 5. The Morgan fingerprint density at radius 3 is 2.41 bits per heavy atom. The van der Waals surface area contributed by atoms with Crippen LogP contribution in [0.1, 0.15) is 48.8 Å². The minimum atomic E-state index is -0.985. The lowest BCUT2D eigenvalue weighted by molar-refractivity contribution is -0.142. The van der Waals surface area contributed by atoms with Crippen molar-refractivity contribution in [2.45, 2.75) is 57.7 Å². The van der Waals surface area contributed by atoms with Crippen molar-refractivity contribution in [3.05, 3.63) is 71.7 Å². The topological polar surface area (TPSA) is 134 Å². The second kappa shape index (κ2) is 14.1. The largest absolute Gasteiger partial charge is 0.497 e. The minimum absolute atomic E-state index is 0.0629. The monoisotopic (exact) mass is 602 g/mol. The number of aryl methyl sites for hydroxylation is 1. The van der Waals surface area contributed by atoms with Gasteiger partial charge in [0.2, 0.25) is 11.7 Å². The normalized spacial score (nSPS) is 13.8. The van der Waals surface area contributed by atoms with E-state index in [4.69, 9.17) is 18.6 Å². The molecule has 1 saturated carbocycles. The van der Waals surface area contributed by atoms with E-state index in [-0.39, 0.29) is 30.9 Å². The van der Waals surface area contributed by atoms with Crippen LogP contribution in [0.25, 0.3) is 11.4 Å². The fourth-order valence-corrected chi connectivity index (χ4v) is 5.44. The van der Waals surface area contributed by atoms with E-state index < -0.39 is 6.04 Å². The van der Waals surface area contributed by atoms with Crippen molar-refractivity contribution in [2.24, 2.45) is 0 Å². The first-order valence-corrected chi connectivity index (χ1v) is 14.7. The zero-order chi connectivity index (χ0) is 31.1. The zero-order valence-electron chi connectivity index (χ0n) is 25.5. The predicted octanol–water partition coefficient (Wildman–Crippen LogP) is 4.14. The number of methoxy groups -OCH3 is 3. The molecule has 232 valence electrons. The fraction of sp³-hybridized carbons (Fsp3) is 0.406. The molecular weight excluding hydrogens is 564 g/mol. The van der Waals surface area contributed by atoms with Gasteiger partial charge in [-0.25, -0.2) is 0 Å². The maximum atomic E-state index is 14.1. The van der Waals surface area contributed by atoms with Crippen molar-refractivity contribution >= 4 is 11.8 Å². The highest BCUT2D eigenvalue weighted by Gasteiger charge is 2.35. The number of hydrogen-bond acceptors (Lipinski definition) is 9. The molecule has 1 aliphatic carbocycles. The van der Waals surface area contributed by atoms with Crippen molar-refractivity contribution in [1.29, 1.82) is 0 Å². The van der Waals surface area contributed by atoms with Crippen molar-refractivity contribution in [3.8, 4) is 28.6 Å². The fourth-order valence-electron chi connectivity index (χ4n) is 5.44. The Bertz CT molecular complexity index is 1560. The van der Waals surface area contributed by atoms with Crippen molar-refractivity contribution < 1.29 is 28.2 Å². The van der Waals surface area contributed by atoms with Gasteiger partial charge in [-0.15, -0.1) is 10.2 Å². The van der Waals surface area contributed by atoms with E-state index in [2.05, 4.69) is 20.7 Å². The molecule has 1 atom stereocenters. The van der Waals surface area contributed by atoms with Crippen LogP contribution < -0.4 is 19.5 Å². The highest BCUT2D eigenvalue weighted by Crippen LogP contribution is 2.30. The van der Waals surface area contributed by atoms with Gasteiger partial charge in [-0.1, -0.05) is 18.9 Å². The highest BCUT2D eigenvalue weighted by molar-refractivity contribution is 5.88. The van der Waals surface area contributed by atoms with E-state index in [1.165, 1.54) is 9.70 Å². The molecule has 1 aliphatic rings. The summed E-state index contributed by atoms with van der Waals surface area (Å²) >= 11 is 0. The molecule has 1 N–H and O–H groups in total. The smallest absolute Gasteiger partial charge is 0.250 e. The average Bonchev–Trinajstić information content (AvgIpc) is 3.82. The lowest BCUT2D eigenvalue weighted by Gasteiger charge is -2.30.